The highest BCUT2D eigenvalue weighted by Crippen LogP contribution is 2.73. The number of ether oxygens (including phenoxy) is 4. The Hall–Kier alpha value is -1.76. The van der Waals surface area contributed by atoms with Crippen LogP contribution < -0.4 is 0 Å². The molecule has 274 valence electrons. The Kier molecular flexibility index (Phi) is 8.09. The Balaban J connectivity index is 1.16. The second-order valence-corrected chi connectivity index (χ2v) is 17.6. The van der Waals surface area contributed by atoms with Gasteiger partial charge in [-0.2, -0.15) is 13.2 Å². The minimum absolute atomic E-state index is 0.0132. The van der Waals surface area contributed by atoms with Crippen LogP contribution in [-0.2, 0) is 29.3 Å². The summed E-state index contributed by atoms with van der Waals surface area (Å²) >= 11 is 0. The molecule has 0 amide bonds. The van der Waals surface area contributed by atoms with Gasteiger partial charge in [0.25, 0.3) is 5.60 Å². The van der Waals surface area contributed by atoms with Crippen LogP contribution in [-0.4, -0.2) is 76.0 Å². The van der Waals surface area contributed by atoms with Crippen molar-refractivity contribution in [3.05, 3.63) is 35.9 Å². The molecule has 6 aliphatic rings. The fraction of sp³-hybridized carbons (Fsp3) is 0.816. The second kappa shape index (κ2) is 11.1. The molecule has 7 rings (SSSR count). The van der Waals surface area contributed by atoms with Gasteiger partial charge in [0.05, 0.1) is 23.9 Å². The van der Waals surface area contributed by atoms with Gasteiger partial charge in [-0.1, -0.05) is 51.1 Å². The van der Waals surface area contributed by atoms with E-state index in [4.69, 9.17) is 18.9 Å². The summed E-state index contributed by atoms with van der Waals surface area (Å²) in [7, 11) is 0.831. The van der Waals surface area contributed by atoms with Crippen LogP contribution in [0.15, 0.2) is 30.3 Å². The fourth-order valence-corrected chi connectivity index (χ4v) is 12.4. The summed E-state index contributed by atoms with van der Waals surface area (Å²) in [5, 5.41) is 35.8. The minimum Gasteiger partial charge on any atom is -0.457 e. The lowest BCUT2D eigenvalue weighted by molar-refractivity contribution is -0.301. The first kappa shape index (κ1) is 35.6. The van der Waals surface area contributed by atoms with E-state index in [9.17, 15) is 33.3 Å². The normalized spacial score (nSPS) is 49.8. The van der Waals surface area contributed by atoms with Crippen molar-refractivity contribution in [2.24, 2.45) is 46.3 Å². The minimum atomic E-state index is -5.13. The van der Waals surface area contributed by atoms with E-state index in [1.807, 2.05) is 27.7 Å². The van der Waals surface area contributed by atoms with Crippen molar-refractivity contribution in [2.75, 3.05) is 7.11 Å². The zero-order valence-electron chi connectivity index (χ0n) is 29.6. The van der Waals surface area contributed by atoms with E-state index < -0.39 is 69.4 Å². The average molecular weight is 695 g/mol. The van der Waals surface area contributed by atoms with Crippen LogP contribution in [0.2, 0.25) is 0 Å². The van der Waals surface area contributed by atoms with Crippen LogP contribution in [0.25, 0.3) is 0 Å². The van der Waals surface area contributed by atoms with Gasteiger partial charge < -0.3 is 34.3 Å². The summed E-state index contributed by atoms with van der Waals surface area (Å²) in [6.07, 6.45) is -4.84. The Bertz CT molecular complexity index is 1450. The number of fused-ring (bicyclic) bond motifs is 7. The maximum absolute atomic E-state index is 14.7. The van der Waals surface area contributed by atoms with Crippen molar-refractivity contribution in [1.82, 2.24) is 0 Å². The summed E-state index contributed by atoms with van der Waals surface area (Å²) in [4.78, 5) is 13.6. The Morgan fingerprint density at radius 2 is 1.61 bits per heavy atom. The van der Waals surface area contributed by atoms with Gasteiger partial charge >= 0.3 is 12.1 Å². The van der Waals surface area contributed by atoms with Crippen molar-refractivity contribution < 1.29 is 52.2 Å². The number of methoxy groups -OCH3 is 1. The summed E-state index contributed by atoms with van der Waals surface area (Å²) < 4.78 is 68.0. The number of alkyl halides is 3. The van der Waals surface area contributed by atoms with Crippen LogP contribution in [0.3, 0.4) is 0 Å². The van der Waals surface area contributed by atoms with E-state index in [1.54, 1.807) is 6.07 Å². The van der Waals surface area contributed by atoms with Crippen molar-refractivity contribution >= 4 is 5.97 Å². The lowest BCUT2D eigenvalue weighted by atomic mass is 9.43. The molecule has 11 heteroatoms. The van der Waals surface area contributed by atoms with E-state index in [-0.39, 0.29) is 54.5 Å². The molecule has 4 saturated carbocycles. The molecule has 0 unspecified atom stereocenters. The number of carbonyl (C=O) groups excluding carboxylic acids is 1. The molecule has 3 N–H and O–H groups in total. The van der Waals surface area contributed by atoms with Gasteiger partial charge in [0.15, 0.2) is 5.79 Å². The molecule has 4 aliphatic carbocycles. The van der Waals surface area contributed by atoms with Gasteiger partial charge in [0, 0.05) is 25.0 Å². The van der Waals surface area contributed by atoms with E-state index in [0.717, 1.165) is 20.0 Å². The predicted molar refractivity (Wildman–Crippen MR) is 172 cm³/mol. The lowest BCUT2D eigenvalue weighted by Crippen LogP contribution is -2.64. The van der Waals surface area contributed by atoms with Gasteiger partial charge in [0.1, 0.15) is 11.7 Å². The average Bonchev–Trinajstić information content (AvgIpc) is 3.50. The summed E-state index contributed by atoms with van der Waals surface area (Å²) in [6.45, 7) is 12.2. The molecule has 0 bridgehead atoms. The summed E-state index contributed by atoms with van der Waals surface area (Å²) in [5.74, 6) is -2.87. The standard InChI is InChI=1S/C38H53F3O8/c1-20-17-36(49-32(20,2)3)35(6,45)30-27(48-36)16-24-23-14-13-22-15-25(42)28(19-33(22,4)29(23)26(43)18-34(24,30)5)47-31(44)37(46-7,38(39,40)41)21-11-9-8-10-12-21/h8-12,20,22-30,42-43,45H,13-19H2,1-7H3/t20-,22-,23-,24-,25-,26-,27-,28+,29+,30-,33-,34-,35+,36-,37-/m0/s1. The van der Waals surface area contributed by atoms with Crippen molar-refractivity contribution in [2.45, 2.75) is 140 Å². The lowest BCUT2D eigenvalue weighted by Gasteiger charge is -2.63. The van der Waals surface area contributed by atoms with Gasteiger partial charge in [-0.15, -0.1) is 0 Å². The maximum Gasteiger partial charge on any atom is 0.432 e. The molecule has 15 atom stereocenters. The van der Waals surface area contributed by atoms with Gasteiger partial charge in [-0.3, -0.25) is 0 Å². The second-order valence-electron chi connectivity index (χ2n) is 17.6. The molecule has 2 heterocycles. The fourth-order valence-electron chi connectivity index (χ4n) is 12.4. The van der Waals surface area contributed by atoms with Crippen molar-refractivity contribution in [1.29, 1.82) is 0 Å². The third kappa shape index (κ3) is 4.74. The Labute approximate surface area is 287 Å². The first-order valence-corrected chi connectivity index (χ1v) is 18.0. The molecular formula is C38H53F3O8. The third-order valence-electron chi connectivity index (χ3n) is 14.9. The van der Waals surface area contributed by atoms with Crippen LogP contribution in [0.5, 0.6) is 0 Å². The molecule has 6 fully saturated rings. The topological polar surface area (TPSA) is 115 Å². The van der Waals surface area contributed by atoms with Crippen molar-refractivity contribution in [3.63, 3.8) is 0 Å². The third-order valence-corrected chi connectivity index (χ3v) is 14.9. The zero-order valence-corrected chi connectivity index (χ0v) is 29.6. The smallest absolute Gasteiger partial charge is 0.432 e. The Morgan fingerprint density at radius 3 is 2.20 bits per heavy atom. The first-order valence-electron chi connectivity index (χ1n) is 18.0. The molecule has 1 aromatic rings. The van der Waals surface area contributed by atoms with E-state index >= 15 is 0 Å². The highest BCUT2D eigenvalue weighted by atomic mass is 19.4. The highest BCUT2D eigenvalue weighted by molar-refractivity contribution is 5.83. The first-order chi connectivity index (χ1) is 22.7. The maximum atomic E-state index is 14.7. The quantitative estimate of drug-likeness (QED) is 0.335. The largest absolute Gasteiger partial charge is 0.457 e. The van der Waals surface area contributed by atoms with Crippen LogP contribution in [0.1, 0.15) is 92.1 Å². The van der Waals surface area contributed by atoms with E-state index in [1.165, 1.54) is 24.3 Å². The molecule has 0 aromatic heterocycles. The number of halogens is 3. The molecule has 8 nitrogen and oxygen atoms in total. The SMILES string of the molecule is CO[C@](C(=O)O[C@@H]1C[C@@]2(C)[C@@H](CC[C@@H]3[C@@H]2[C@@H](O)C[C@@]2(C)[C@H]3C[C@@H]3O[C@]4(C[C@H](C)C(C)(C)O4)[C@](C)(O)[C@@H]32)C[C@@H]1O)(c1ccccc1)C(F)(F)F. The number of rotatable bonds is 4. The number of carbonyl (C=O) groups is 1. The number of aliphatic hydroxyl groups is 3. The van der Waals surface area contributed by atoms with Gasteiger partial charge in [-0.25, -0.2) is 4.79 Å². The molecular weight excluding hydrogens is 641 g/mol. The predicted octanol–water partition coefficient (Wildman–Crippen LogP) is 5.89. The Morgan fingerprint density at radius 1 is 0.939 bits per heavy atom. The number of aliphatic hydroxyl groups excluding tert-OH is 2. The molecule has 1 spiro atoms. The van der Waals surface area contributed by atoms with E-state index in [2.05, 4.69) is 13.8 Å². The summed E-state index contributed by atoms with van der Waals surface area (Å²) in [6, 6.07) is 6.69. The number of hydrogen-bond donors (Lipinski definition) is 3. The van der Waals surface area contributed by atoms with Gasteiger partial charge in [0.2, 0.25) is 0 Å². The zero-order chi connectivity index (χ0) is 35.7. The number of benzene rings is 1. The van der Waals surface area contributed by atoms with Crippen LogP contribution in [0.4, 0.5) is 13.2 Å². The number of esters is 1. The van der Waals surface area contributed by atoms with Crippen molar-refractivity contribution in [3.8, 4) is 0 Å². The molecule has 2 aliphatic heterocycles. The van der Waals surface area contributed by atoms with E-state index in [0.29, 0.717) is 19.3 Å². The monoisotopic (exact) mass is 694 g/mol. The summed E-state index contributed by atoms with van der Waals surface area (Å²) in [5.41, 5.74) is -6.57. The molecule has 1 aromatic carbocycles. The molecule has 2 saturated heterocycles. The molecule has 0 radical (unpaired) electrons. The van der Waals surface area contributed by atoms with Crippen LogP contribution in [0, 0.1) is 46.3 Å². The van der Waals surface area contributed by atoms with Crippen LogP contribution >= 0.6 is 0 Å². The number of hydrogen-bond acceptors (Lipinski definition) is 8. The van der Waals surface area contributed by atoms with Gasteiger partial charge in [-0.05, 0) is 99.7 Å². The highest BCUT2D eigenvalue weighted by Gasteiger charge is 2.77. The molecule has 49 heavy (non-hydrogen) atoms.